The zero-order valence-corrected chi connectivity index (χ0v) is 20.1. The van der Waals surface area contributed by atoms with Crippen molar-refractivity contribution in [2.24, 2.45) is 0 Å². The maximum Gasteiger partial charge on any atom is 0.248 e. The Balaban J connectivity index is 1.81. The average Bonchev–Trinajstić information content (AvgIpc) is 2.77. The van der Waals surface area contributed by atoms with E-state index in [0.29, 0.717) is 36.1 Å². The second-order valence-corrected chi connectivity index (χ2v) is 10.7. The van der Waals surface area contributed by atoms with E-state index in [4.69, 9.17) is 5.11 Å². The molecule has 3 N–H and O–H groups in total. The minimum absolute atomic E-state index is 0.0274. The second kappa shape index (κ2) is 10.3. The molecular formula is C23H31N5O4S. The highest BCUT2D eigenvalue weighted by Gasteiger charge is 2.24. The maximum absolute atomic E-state index is 12.4. The number of benzene rings is 1. The summed E-state index contributed by atoms with van der Waals surface area (Å²) in [6.07, 6.45) is 3.37. The largest absolute Gasteiger partial charge is 0.387 e. The zero-order chi connectivity index (χ0) is 24.2. The van der Waals surface area contributed by atoms with E-state index in [0.717, 1.165) is 24.0 Å². The topological polar surface area (TPSA) is 125 Å². The Hall–Kier alpha value is -2.98. The van der Waals surface area contributed by atoms with Crippen LogP contribution in [-0.2, 0) is 20.4 Å². The van der Waals surface area contributed by atoms with Crippen LogP contribution in [0.25, 0.3) is 0 Å². The minimum atomic E-state index is -3.46. The van der Waals surface area contributed by atoms with Crippen LogP contribution in [0.3, 0.4) is 0 Å². The Morgan fingerprint density at radius 2 is 2.09 bits per heavy atom. The van der Waals surface area contributed by atoms with E-state index in [1.54, 1.807) is 11.1 Å². The summed E-state index contributed by atoms with van der Waals surface area (Å²) in [4.78, 5) is 22.5. The Morgan fingerprint density at radius 3 is 2.79 bits per heavy atom. The van der Waals surface area contributed by atoms with Crippen LogP contribution in [0.4, 0.5) is 17.5 Å². The monoisotopic (exact) mass is 473 g/mol. The molecule has 0 aliphatic carbocycles. The molecule has 2 aromatic rings. The van der Waals surface area contributed by atoms with Gasteiger partial charge in [0.2, 0.25) is 11.9 Å². The lowest BCUT2D eigenvalue weighted by molar-refractivity contribution is -0.135. The molecule has 33 heavy (non-hydrogen) atoms. The standard InChI is InChI=1S/C23H31N5O4S/c1-15(2)33(31,32)14-18-10-16(3)7-8-20(18)26-22-17(4)11-24-23(27-22)25-19-6-5-9-28(12-19)21(30)13-29/h7-8,10-11,19,29H,1,5-6,9,12-14H2,2-4H3,(H2,24,25,26,27)/t19-/m0/s1. The third kappa shape index (κ3) is 6.29. The molecule has 1 amide bonds. The number of nitrogens with zero attached hydrogens (tertiary/aromatic N) is 3. The number of piperidine rings is 1. The molecular weight excluding hydrogens is 442 g/mol. The van der Waals surface area contributed by atoms with Crippen molar-refractivity contribution < 1.29 is 18.3 Å². The summed E-state index contributed by atoms with van der Waals surface area (Å²) in [5.41, 5.74) is 3.04. The highest BCUT2D eigenvalue weighted by Crippen LogP contribution is 2.27. The highest BCUT2D eigenvalue weighted by atomic mass is 32.2. The normalized spacial score (nSPS) is 16.4. The van der Waals surface area contributed by atoms with Gasteiger partial charge in [-0.3, -0.25) is 4.79 Å². The molecule has 1 fully saturated rings. The lowest BCUT2D eigenvalue weighted by Gasteiger charge is -2.32. The van der Waals surface area contributed by atoms with Crippen LogP contribution in [-0.4, -0.2) is 60.0 Å². The SMILES string of the molecule is C=C(C)S(=O)(=O)Cc1cc(C)ccc1Nc1nc(N[C@H]2CCCN(C(=O)CO)C2)ncc1C. The number of carbonyl (C=O) groups excluding carboxylic acids is 1. The van der Waals surface area contributed by atoms with Gasteiger partial charge in [0, 0.05) is 41.5 Å². The number of nitrogens with one attached hydrogen (secondary N) is 2. The molecule has 0 saturated carbocycles. The van der Waals surface area contributed by atoms with Crippen LogP contribution < -0.4 is 10.6 Å². The third-order valence-electron chi connectivity index (χ3n) is 5.60. The number of aliphatic hydroxyl groups is 1. The molecule has 9 nitrogen and oxygen atoms in total. The van der Waals surface area contributed by atoms with E-state index in [-0.39, 0.29) is 22.6 Å². The van der Waals surface area contributed by atoms with E-state index in [9.17, 15) is 13.2 Å². The van der Waals surface area contributed by atoms with Gasteiger partial charge in [0.25, 0.3) is 0 Å². The molecule has 178 valence electrons. The van der Waals surface area contributed by atoms with Crippen molar-refractivity contribution >= 4 is 33.2 Å². The van der Waals surface area contributed by atoms with Gasteiger partial charge < -0.3 is 20.6 Å². The summed E-state index contributed by atoms with van der Waals surface area (Å²) >= 11 is 0. The van der Waals surface area contributed by atoms with Crippen molar-refractivity contribution in [2.45, 2.75) is 45.4 Å². The summed E-state index contributed by atoms with van der Waals surface area (Å²) in [7, 11) is -3.46. The molecule has 1 aliphatic heterocycles. The van der Waals surface area contributed by atoms with E-state index in [1.165, 1.54) is 6.92 Å². The molecule has 2 heterocycles. The van der Waals surface area contributed by atoms with E-state index in [2.05, 4.69) is 27.2 Å². The number of aliphatic hydroxyl groups excluding tert-OH is 1. The van der Waals surface area contributed by atoms with Crippen molar-refractivity contribution in [1.82, 2.24) is 14.9 Å². The van der Waals surface area contributed by atoms with Crippen molar-refractivity contribution in [2.75, 3.05) is 30.3 Å². The highest BCUT2D eigenvalue weighted by molar-refractivity contribution is 7.94. The molecule has 1 aliphatic rings. The zero-order valence-electron chi connectivity index (χ0n) is 19.3. The predicted molar refractivity (Wildman–Crippen MR) is 129 cm³/mol. The predicted octanol–water partition coefficient (Wildman–Crippen LogP) is 2.68. The van der Waals surface area contributed by atoms with Crippen LogP contribution in [0.15, 0.2) is 35.9 Å². The van der Waals surface area contributed by atoms with Crippen molar-refractivity contribution in [3.63, 3.8) is 0 Å². The Bertz CT molecular complexity index is 1150. The van der Waals surface area contributed by atoms with Gasteiger partial charge in [0.15, 0.2) is 9.84 Å². The summed E-state index contributed by atoms with van der Waals surface area (Å²) in [5.74, 6) is 0.530. The Labute approximate surface area is 194 Å². The van der Waals surface area contributed by atoms with Gasteiger partial charge in [-0.15, -0.1) is 0 Å². The maximum atomic E-state index is 12.4. The number of aryl methyl sites for hydroxylation is 2. The van der Waals surface area contributed by atoms with Crippen LogP contribution in [0, 0.1) is 13.8 Å². The fourth-order valence-electron chi connectivity index (χ4n) is 3.66. The van der Waals surface area contributed by atoms with Gasteiger partial charge in [-0.1, -0.05) is 24.3 Å². The first-order valence-electron chi connectivity index (χ1n) is 10.8. The van der Waals surface area contributed by atoms with Crippen LogP contribution in [0.1, 0.15) is 36.5 Å². The third-order valence-corrected chi connectivity index (χ3v) is 7.36. The van der Waals surface area contributed by atoms with Gasteiger partial charge in [0.1, 0.15) is 12.4 Å². The molecule has 0 radical (unpaired) electrons. The molecule has 1 saturated heterocycles. The van der Waals surface area contributed by atoms with Crippen molar-refractivity contribution in [3.05, 3.63) is 52.6 Å². The summed E-state index contributed by atoms with van der Waals surface area (Å²) < 4.78 is 24.9. The number of hydrogen-bond acceptors (Lipinski definition) is 8. The summed E-state index contributed by atoms with van der Waals surface area (Å²) in [5, 5.41) is 15.7. The van der Waals surface area contributed by atoms with Gasteiger partial charge in [-0.05, 0) is 45.2 Å². The van der Waals surface area contributed by atoms with Gasteiger partial charge >= 0.3 is 0 Å². The van der Waals surface area contributed by atoms with Gasteiger partial charge in [0.05, 0.1) is 5.75 Å². The molecule has 1 atom stereocenters. The van der Waals surface area contributed by atoms with E-state index >= 15 is 0 Å². The van der Waals surface area contributed by atoms with Gasteiger partial charge in [-0.25, -0.2) is 13.4 Å². The fraction of sp³-hybridized carbons (Fsp3) is 0.435. The molecule has 1 aromatic heterocycles. The van der Waals surface area contributed by atoms with Crippen molar-refractivity contribution in [1.29, 1.82) is 0 Å². The number of anilines is 3. The minimum Gasteiger partial charge on any atom is -0.387 e. The van der Waals surface area contributed by atoms with Gasteiger partial charge in [-0.2, -0.15) is 4.98 Å². The van der Waals surface area contributed by atoms with Crippen LogP contribution in [0.2, 0.25) is 0 Å². The number of carbonyl (C=O) groups is 1. The number of aromatic nitrogens is 2. The number of amides is 1. The molecule has 3 rings (SSSR count). The lowest BCUT2D eigenvalue weighted by Crippen LogP contribution is -2.46. The first-order chi connectivity index (χ1) is 15.6. The number of hydrogen-bond donors (Lipinski definition) is 3. The quantitative estimate of drug-likeness (QED) is 0.535. The first-order valence-corrected chi connectivity index (χ1v) is 12.5. The Kier molecular flexibility index (Phi) is 7.70. The number of allylic oxidation sites excluding steroid dienone is 1. The molecule has 0 spiro atoms. The smallest absolute Gasteiger partial charge is 0.248 e. The molecule has 10 heteroatoms. The average molecular weight is 474 g/mol. The fourth-order valence-corrected chi connectivity index (χ4v) is 4.56. The first kappa shape index (κ1) is 24.7. The number of rotatable bonds is 8. The molecule has 0 bridgehead atoms. The van der Waals surface area contributed by atoms with Crippen molar-refractivity contribution in [3.8, 4) is 0 Å². The second-order valence-electron chi connectivity index (χ2n) is 8.45. The number of sulfone groups is 1. The van der Waals surface area contributed by atoms with Crippen LogP contribution in [0.5, 0.6) is 0 Å². The summed E-state index contributed by atoms with van der Waals surface area (Å²) in [6, 6.07) is 5.56. The van der Waals surface area contributed by atoms with Crippen LogP contribution >= 0.6 is 0 Å². The van der Waals surface area contributed by atoms with E-state index in [1.807, 2.05) is 32.0 Å². The number of likely N-dealkylation sites (tertiary alicyclic amines) is 1. The van der Waals surface area contributed by atoms with E-state index < -0.39 is 16.4 Å². The Morgan fingerprint density at radius 1 is 1.33 bits per heavy atom. The lowest BCUT2D eigenvalue weighted by atomic mass is 10.1. The summed E-state index contributed by atoms with van der Waals surface area (Å²) in [6.45, 7) is 9.46. The molecule has 0 unspecified atom stereocenters. The molecule has 1 aromatic carbocycles.